The Kier molecular flexibility index (Phi) is 8.43. The Hall–Kier alpha value is -1.81. The highest BCUT2D eigenvalue weighted by Crippen LogP contribution is 2.38. The number of sulfonamides is 1. The third kappa shape index (κ3) is 5.95. The van der Waals surface area contributed by atoms with Crippen molar-refractivity contribution in [2.75, 3.05) is 46.6 Å². The maximum atomic E-state index is 12.4. The van der Waals surface area contributed by atoms with E-state index in [-0.39, 0.29) is 10.8 Å². The van der Waals surface area contributed by atoms with Gasteiger partial charge in [0.15, 0.2) is 0 Å². The van der Waals surface area contributed by atoms with Crippen LogP contribution in [0.2, 0.25) is 0 Å². The normalized spacial score (nSPS) is 16.8. The van der Waals surface area contributed by atoms with Gasteiger partial charge in [0, 0.05) is 25.6 Å². The van der Waals surface area contributed by atoms with Gasteiger partial charge in [0.05, 0.1) is 31.3 Å². The van der Waals surface area contributed by atoms with Crippen LogP contribution in [0.4, 0.5) is 0 Å². The predicted molar refractivity (Wildman–Crippen MR) is 126 cm³/mol. The van der Waals surface area contributed by atoms with Crippen molar-refractivity contribution in [1.82, 2.24) is 4.90 Å². The summed E-state index contributed by atoms with van der Waals surface area (Å²) in [6.45, 7) is 8.18. The SMILES string of the molecule is Cc1cc(C)c2c(c1)C(c1cccc(S(N)(=O)=O)c1CCOCCOCCN)CN(C)C2. The zero-order valence-corrected chi connectivity index (χ0v) is 20.1. The van der Waals surface area contributed by atoms with E-state index in [4.69, 9.17) is 20.3 Å². The zero-order chi connectivity index (χ0) is 23.3. The Morgan fingerprint density at radius 2 is 1.78 bits per heavy atom. The molecule has 0 radical (unpaired) electrons. The van der Waals surface area contributed by atoms with Crippen LogP contribution in [0.3, 0.4) is 0 Å². The van der Waals surface area contributed by atoms with Gasteiger partial charge in [-0.15, -0.1) is 0 Å². The van der Waals surface area contributed by atoms with Crippen LogP contribution in [0.5, 0.6) is 0 Å². The molecule has 0 aromatic heterocycles. The van der Waals surface area contributed by atoms with E-state index in [0.717, 1.165) is 24.2 Å². The summed E-state index contributed by atoms with van der Waals surface area (Å²) in [7, 11) is -1.76. The second kappa shape index (κ2) is 10.9. The first-order chi connectivity index (χ1) is 15.2. The summed E-state index contributed by atoms with van der Waals surface area (Å²) in [6, 6.07) is 9.85. The molecule has 2 aromatic rings. The van der Waals surface area contributed by atoms with E-state index in [2.05, 4.69) is 37.9 Å². The predicted octanol–water partition coefficient (Wildman–Crippen LogP) is 2.06. The number of benzene rings is 2. The van der Waals surface area contributed by atoms with E-state index in [1.165, 1.54) is 22.3 Å². The number of hydrogen-bond acceptors (Lipinski definition) is 6. The molecule has 2 aromatic carbocycles. The number of fused-ring (bicyclic) bond motifs is 1. The fraction of sp³-hybridized carbons (Fsp3) is 0.500. The number of nitrogens with zero attached hydrogens (tertiary/aromatic N) is 1. The molecule has 0 saturated heterocycles. The minimum Gasteiger partial charge on any atom is -0.379 e. The standard InChI is InChI=1S/C24H35N3O4S/c1-17-13-18(2)22-15-27(3)16-23(21(22)14-17)19-5-4-6-24(32(26,28)29)20(19)7-9-30-11-12-31-10-8-25/h4-6,13-14,23H,7-12,15-16,25H2,1-3H3,(H2,26,28,29). The number of nitrogens with two attached hydrogens (primary N) is 2. The first-order valence-electron chi connectivity index (χ1n) is 11.0. The number of ether oxygens (including phenoxy) is 2. The number of aryl methyl sites for hydroxylation is 2. The lowest BCUT2D eigenvalue weighted by atomic mass is 9.80. The highest BCUT2D eigenvalue weighted by Gasteiger charge is 2.29. The topological polar surface area (TPSA) is 108 Å². The Bertz CT molecular complexity index is 1040. The Balaban J connectivity index is 1.95. The molecule has 0 spiro atoms. The second-order valence-electron chi connectivity index (χ2n) is 8.53. The minimum atomic E-state index is -3.86. The van der Waals surface area contributed by atoms with E-state index < -0.39 is 10.0 Å². The van der Waals surface area contributed by atoms with Gasteiger partial charge in [0.25, 0.3) is 0 Å². The summed E-state index contributed by atoms with van der Waals surface area (Å²) >= 11 is 0. The molecule has 1 aliphatic heterocycles. The van der Waals surface area contributed by atoms with Gasteiger partial charge in [-0.1, -0.05) is 29.8 Å². The fourth-order valence-electron chi connectivity index (χ4n) is 4.59. The molecular weight excluding hydrogens is 426 g/mol. The van der Waals surface area contributed by atoms with Crippen LogP contribution in [0.15, 0.2) is 35.2 Å². The molecule has 0 amide bonds. The van der Waals surface area contributed by atoms with Crippen LogP contribution in [-0.4, -0.2) is 59.9 Å². The molecule has 0 fully saturated rings. The molecule has 4 N–H and O–H groups in total. The largest absolute Gasteiger partial charge is 0.379 e. The quantitative estimate of drug-likeness (QED) is 0.525. The van der Waals surface area contributed by atoms with E-state index in [0.29, 0.717) is 39.4 Å². The van der Waals surface area contributed by atoms with Crippen molar-refractivity contribution in [2.24, 2.45) is 10.9 Å². The summed E-state index contributed by atoms with van der Waals surface area (Å²) in [5, 5.41) is 5.60. The van der Waals surface area contributed by atoms with E-state index in [9.17, 15) is 8.42 Å². The molecule has 3 rings (SSSR count). The van der Waals surface area contributed by atoms with Crippen molar-refractivity contribution in [2.45, 2.75) is 37.6 Å². The van der Waals surface area contributed by atoms with Gasteiger partial charge in [0.2, 0.25) is 10.0 Å². The van der Waals surface area contributed by atoms with Gasteiger partial charge in [-0.2, -0.15) is 0 Å². The van der Waals surface area contributed by atoms with Gasteiger partial charge in [0.1, 0.15) is 0 Å². The number of likely N-dealkylation sites (N-methyl/N-ethyl adjacent to an activating group) is 1. The molecule has 0 aliphatic carbocycles. The van der Waals surface area contributed by atoms with Crippen molar-refractivity contribution in [3.8, 4) is 0 Å². The second-order valence-corrected chi connectivity index (χ2v) is 10.1. The average Bonchev–Trinajstić information content (AvgIpc) is 2.72. The molecule has 176 valence electrons. The first kappa shape index (κ1) is 24.8. The number of primary sulfonamides is 1. The van der Waals surface area contributed by atoms with Crippen LogP contribution in [0.1, 0.15) is 39.3 Å². The minimum absolute atomic E-state index is 0.0620. The molecule has 8 heteroatoms. The fourth-order valence-corrected chi connectivity index (χ4v) is 5.42. The molecule has 0 saturated carbocycles. The first-order valence-corrected chi connectivity index (χ1v) is 12.6. The van der Waals surface area contributed by atoms with Crippen LogP contribution in [0.25, 0.3) is 0 Å². The van der Waals surface area contributed by atoms with Crippen molar-refractivity contribution >= 4 is 10.0 Å². The molecule has 32 heavy (non-hydrogen) atoms. The van der Waals surface area contributed by atoms with Gasteiger partial charge >= 0.3 is 0 Å². The van der Waals surface area contributed by atoms with Gasteiger partial charge < -0.3 is 20.1 Å². The van der Waals surface area contributed by atoms with Gasteiger partial charge in [-0.05, 0) is 61.2 Å². The summed E-state index contributed by atoms with van der Waals surface area (Å²) in [5.74, 6) is 0.0620. The lowest BCUT2D eigenvalue weighted by Crippen LogP contribution is -2.32. The summed E-state index contributed by atoms with van der Waals surface area (Å²) < 4.78 is 35.9. The van der Waals surface area contributed by atoms with Crippen molar-refractivity contribution in [3.63, 3.8) is 0 Å². The molecule has 1 heterocycles. The van der Waals surface area contributed by atoms with Crippen molar-refractivity contribution in [3.05, 3.63) is 63.7 Å². The lowest BCUT2D eigenvalue weighted by molar-refractivity contribution is 0.0517. The summed E-state index contributed by atoms with van der Waals surface area (Å²) in [5.41, 5.74) is 12.2. The van der Waals surface area contributed by atoms with Crippen molar-refractivity contribution in [1.29, 1.82) is 0 Å². The number of hydrogen-bond donors (Lipinski definition) is 2. The van der Waals surface area contributed by atoms with Gasteiger partial charge in [-0.25, -0.2) is 13.6 Å². The van der Waals surface area contributed by atoms with Crippen LogP contribution >= 0.6 is 0 Å². The third-order valence-corrected chi connectivity index (χ3v) is 6.93. The average molecular weight is 462 g/mol. The highest BCUT2D eigenvalue weighted by molar-refractivity contribution is 7.89. The van der Waals surface area contributed by atoms with Crippen LogP contribution in [-0.2, 0) is 32.5 Å². The van der Waals surface area contributed by atoms with Gasteiger partial charge in [-0.3, -0.25) is 0 Å². The highest BCUT2D eigenvalue weighted by atomic mass is 32.2. The van der Waals surface area contributed by atoms with E-state index in [1.807, 2.05) is 6.07 Å². The smallest absolute Gasteiger partial charge is 0.238 e. The summed E-state index contributed by atoms with van der Waals surface area (Å²) in [4.78, 5) is 2.46. The van der Waals surface area contributed by atoms with E-state index >= 15 is 0 Å². The summed E-state index contributed by atoms with van der Waals surface area (Å²) in [6.07, 6.45) is 0.458. The molecule has 1 aliphatic rings. The molecule has 1 unspecified atom stereocenters. The number of rotatable bonds is 10. The Morgan fingerprint density at radius 3 is 2.47 bits per heavy atom. The van der Waals surface area contributed by atoms with Crippen LogP contribution < -0.4 is 10.9 Å². The molecular formula is C24H35N3O4S. The Labute approximate surface area is 191 Å². The molecule has 7 nitrogen and oxygen atoms in total. The maximum absolute atomic E-state index is 12.4. The Morgan fingerprint density at radius 1 is 1.06 bits per heavy atom. The monoisotopic (exact) mass is 461 g/mol. The van der Waals surface area contributed by atoms with Crippen molar-refractivity contribution < 1.29 is 17.9 Å². The van der Waals surface area contributed by atoms with E-state index in [1.54, 1.807) is 12.1 Å². The van der Waals surface area contributed by atoms with Crippen LogP contribution in [0, 0.1) is 13.8 Å². The maximum Gasteiger partial charge on any atom is 0.238 e. The third-order valence-electron chi connectivity index (χ3n) is 5.93. The molecule has 0 bridgehead atoms. The zero-order valence-electron chi connectivity index (χ0n) is 19.3. The molecule has 1 atom stereocenters. The lowest BCUT2D eigenvalue weighted by Gasteiger charge is -2.35.